The van der Waals surface area contributed by atoms with Crippen molar-refractivity contribution in [3.05, 3.63) is 59.9 Å². The second-order valence-corrected chi connectivity index (χ2v) is 7.66. The molecule has 6 heteroatoms. The number of rotatable bonds is 10. The highest BCUT2D eigenvalue weighted by Crippen LogP contribution is 2.23. The summed E-state index contributed by atoms with van der Waals surface area (Å²) in [5, 5.41) is 9.34. The van der Waals surface area contributed by atoms with Gasteiger partial charge in [0.25, 0.3) is 0 Å². The van der Waals surface area contributed by atoms with E-state index in [1.165, 1.54) is 30.2 Å². The van der Waals surface area contributed by atoms with E-state index in [1.807, 2.05) is 16.7 Å². The summed E-state index contributed by atoms with van der Waals surface area (Å²) in [6.45, 7) is 4.99. The second-order valence-electron chi connectivity index (χ2n) is 6.72. The first-order chi connectivity index (χ1) is 13.7. The highest BCUT2D eigenvalue weighted by molar-refractivity contribution is 7.99. The summed E-state index contributed by atoms with van der Waals surface area (Å²) in [5.41, 5.74) is 3.34. The molecule has 5 nitrogen and oxygen atoms in total. The predicted octanol–water partition coefficient (Wildman–Crippen LogP) is 4.61. The zero-order chi connectivity index (χ0) is 19.8. The fourth-order valence-corrected chi connectivity index (χ4v) is 3.88. The summed E-state index contributed by atoms with van der Waals surface area (Å²) >= 11 is 1.45. The van der Waals surface area contributed by atoms with E-state index in [-0.39, 0.29) is 5.78 Å². The molecule has 0 radical (unpaired) electrons. The molecule has 0 aliphatic rings. The molecule has 2 aromatic heterocycles. The van der Waals surface area contributed by atoms with Gasteiger partial charge in [-0.15, -0.1) is 10.2 Å². The number of nitrogens with zero attached hydrogens (tertiary/aromatic N) is 4. The van der Waals surface area contributed by atoms with Crippen LogP contribution in [0.4, 0.5) is 0 Å². The first-order valence-corrected chi connectivity index (χ1v) is 10.8. The lowest BCUT2D eigenvalue weighted by Crippen LogP contribution is -2.07. The van der Waals surface area contributed by atoms with Crippen LogP contribution in [-0.2, 0) is 24.2 Å². The lowest BCUT2D eigenvalue weighted by atomic mass is 10.0. The number of ketones is 1. The van der Waals surface area contributed by atoms with Crippen molar-refractivity contribution in [1.82, 2.24) is 19.7 Å². The van der Waals surface area contributed by atoms with E-state index >= 15 is 0 Å². The number of hydrogen-bond donors (Lipinski definition) is 0. The molecule has 0 saturated carbocycles. The number of carbonyl (C=O) groups is 1. The number of unbranched alkanes of at least 4 members (excludes halogenated alkanes) is 1. The molecule has 3 aromatic rings. The normalized spacial score (nSPS) is 10.9. The Labute approximate surface area is 170 Å². The van der Waals surface area contributed by atoms with Crippen LogP contribution < -0.4 is 0 Å². The fraction of sp³-hybridized carbons (Fsp3) is 0.364. The Balaban J connectivity index is 1.58. The lowest BCUT2D eigenvalue weighted by molar-refractivity contribution is -0.116. The first-order valence-electron chi connectivity index (χ1n) is 9.77. The molecule has 3 rings (SSSR count). The summed E-state index contributed by atoms with van der Waals surface area (Å²) in [7, 11) is 0. The Kier molecular flexibility index (Phi) is 7.37. The Morgan fingerprint density at radius 2 is 1.86 bits per heavy atom. The van der Waals surface area contributed by atoms with E-state index in [4.69, 9.17) is 0 Å². The quantitative estimate of drug-likeness (QED) is 0.470. The van der Waals surface area contributed by atoms with Crippen LogP contribution in [0.2, 0.25) is 0 Å². The fourth-order valence-electron chi connectivity index (χ4n) is 3.02. The van der Waals surface area contributed by atoms with Crippen molar-refractivity contribution in [3.8, 4) is 11.4 Å². The van der Waals surface area contributed by atoms with Crippen LogP contribution in [0.5, 0.6) is 0 Å². The number of aromatic nitrogens is 4. The molecule has 1 aromatic carbocycles. The Morgan fingerprint density at radius 3 is 2.54 bits per heavy atom. The van der Waals surface area contributed by atoms with E-state index in [0.29, 0.717) is 12.2 Å². The lowest BCUT2D eigenvalue weighted by Gasteiger charge is -2.07. The Bertz CT molecular complexity index is 891. The average molecular weight is 395 g/mol. The minimum atomic E-state index is 0.194. The maximum atomic E-state index is 12.4. The first kappa shape index (κ1) is 20.3. The predicted molar refractivity (Wildman–Crippen MR) is 113 cm³/mol. The molecule has 0 amide bonds. The van der Waals surface area contributed by atoms with Gasteiger partial charge in [-0.1, -0.05) is 49.4 Å². The van der Waals surface area contributed by atoms with Gasteiger partial charge in [0.2, 0.25) is 0 Å². The largest absolute Gasteiger partial charge is 0.302 e. The number of thioether (sulfide) groups is 1. The number of benzene rings is 1. The van der Waals surface area contributed by atoms with Crippen LogP contribution in [0.15, 0.2) is 53.9 Å². The van der Waals surface area contributed by atoms with E-state index < -0.39 is 0 Å². The minimum absolute atomic E-state index is 0.194. The van der Waals surface area contributed by atoms with Crippen molar-refractivity contribution < 1.29 is 4.79 Å². The Morgan fingerprint density at radius 1 is 1.07 bits per heavy atom. The summed E-state index contributed by atoms with van der Waals surface area (Å²) in [6.07, 6.45) is 7.47. The molecule has 146 valence electrons. The zero-order valence-electron chi connectivity index (χ0n) is 16.5. The van der Waals surface area contributed by atoms with Gasteiger partial charge < -0.3 is 4.57 Å². The minimum Gasteiger partial charge on any atom is -0.302 e. The van der Waals surface area contributed by atoms with Crippen LogP contribution in [0.25, 0.3) is 11.4 Å². The monoisotopic (exact) mass is 394 g/mol. The molecule has 0 spiro atoms. The summed E-state index contributed by atoms with van der Waals surface area (Å²) in [4.78, 5) is 16.6. The molecule has 0 aliphatic carbocycles. The topological polar surface area (TPSA) is 60.7 Å². The highest BCUT2D eigenvalue weighted by Gasteiger charge is 2.15. The van der Waals surface area contributed by atoms with Crippen molar-refractivity contribution in [1.29, 1.82) is 0 Å². The van der Waals surface area contributed by atoms with Gasteiger partial charge in [-0.2, -0.15) is 0 Å². The average Bonchev–Trinajstić information content (AvgIpc) is 3.15. The third-order valence-corrected chi connectivity index (χ3v) is 5.58. The molecule has 0 N–H and O–H groups in total. The number of carbonyl (C=O) groups excluding carboxylic acids is 1. The van der Waals surface area contributed by atoms with Crippen LogP contribution in [0, 0.1) is 0 Å². The highest BCUT2D eigenvalue weighted by atomic mass is 32.2. The van der Waals surface area contributed by atoms with E-state index in [1.54, 1.807) is 12.4 Å². The third-order valence-electron chi connectivity index (χ3n) is 4.56. The van der Waals surface area contributed by atoms with Crippen molar-refractivity contribution in [2.24, 2.45) is 0 Å². The molecule has 0 fully saturated rings. The second kappa shape index (κ2) is 10.2. The van der Waals surface area contributed by atoms with Crippen molar-refractivity contribution in [2.75, 3.05) is 5.75 Å². The molecule has 28 heavy (non-hydrogen) atoms. The van der Waals surface area contributed by atoms with Gasteiger partial charge in [-0.25, -0.2) is 0 Å². The molecule has 0 saturated heterocycles. The third kappa shape index (κ3) is 5.29. The number of Topliss-reactive ketones (excluding diaryl/α,β-unsaturated/α-hetero) is 1. The van der Waals surface area contributed by atoms with Crippen LogP contribution in [-0.4, -0.2) is 31.3 Å². The Hall–Kier alpha value is -2.47. The van der Waals surface area contributed by atoms with Crippen molar-refractivity contribution >= 4 is 17.5 Å². The number of aryl methyl sites for hydroxylation is 1. The summed E-state index contributed by atoms with van der Waals surface area (Å²) in [6, 6.07) is 12.3. The van der Waals surface area contributed by atoms with Crippen molar-refractivity contribution in [2.45, 2.75) is 51.2 Å². The molecule has 2 heterocycles. The van der Waals surface area contributed by atoms with Gasteiger partial charge in [0.05, 0.1) is 5.75 Å². The summed E-state index contributed by atoms with van der Waals surface area (Å²) < 4.78 is 2.03. The molecular weight excluding hydrogens is 368 g/mol. The van der Waals surface area contributed by atoms with Crippen LogP contribution >= 0.6 is 11.8 Å². The number of pyridine rings is 1. The number of hydrogen-bond acceptors (Lipinski definition) is 5. The van der Waals surface area contributed by atoms with Gasteiger partial charge in [0.15, 0.2) is 11.0 Å². The van der Waals surface area contributed by atoms with Gasteiger partial charge in [-0.05, 0) is 43.0 Å². The van der Waals surface area contributed by atoms with Gasteiger partial charge >= 0.3 is 0 Å². The van der Waals surface area contributed by atoms with Crippen LogP contribution in [0.3, 0.4) is 0 Å². The van der Waals surface area contributed by atoms with Gasteiger partial charge in [0.1, 0.15) is 5.78 Å². The van der Waals surface area contributed by atoms with E-state index in [0.717, 1.165) is 35.1 Å². The maximum absolute atomic E-state index is 12.4. The molecule has 0 aliphatic heterocycles. The van der Waals surface area contributed by atoms with Gasteiger partial charge in [-0.3, -0.25) is 9.78 Å². The van der Waals surface area contributed by atoms with E-state index in [9.17, 15) is 4.79 Å². The molecule has 0 bridgehead atoms. The zero-order valence-corrected chi connectivity index (χ0v) is 17.3. The summed E-state index contributed by atoms with van der Waals surface area (Å²) in [5.74, 6) is 1.37. The smallest absolute Gasteiger partial charge is 0.191 e. The van der Waals surface area contributed by atoms with E-state index in [2.05, 4.69) is 53.3 Å². The SMILES string of the molecule is CCCCc1ccc(CC(=O)CSc2nnc(-c3cccnc3)n2CC)cc1. The standard InChI is InChI=1S/C22H26N4OS/c1-3-5-7-17-9-11-18(12-10-17)14-20(27)16-28-22-25-24-21(26(22)4-2)19-8-6-13-23-15-19/h6,8-13,15H,3-5,7,14,16H2,1-2H3. The van der Waals surface area contributed by atoms with Gasteiger partial charge in [0, 0.05) is 30.9 Å². The molecular formula is C22H26N4OS. The maximum Gasteiger partial charge on any atom is 0.191 e. The molecule has 0 atom stereocenters. The van der Waals surface area contributed by atoms with Crippen molar-refractivity contribution in [3.63, 3.8) is 0 Å². The van der Waals surface area contributed by atoms with Crippen LogP contribution in [0.1, 0.15) is 37.8 Å². The molecule has 0 unspecified atom stereocenters.